The lowest BCUT2D eigenvalue weighted by Crippen LogP contribution is -2.67. The number of carbonyl (C=O) groups is 2. The summed E-state index contributed by atoms with van der Waals surface area (Å²) >= 11 is 0. The molecule has 5 saturated carbocycles. The Labute approximate surface area is 282 Å². The summed E-state index contributed by atoms with van der Waals surface area (Å²) in [4.78, 5) is 25.0. The number of carbonyl (C=O) groups excluding carboxylic acids is 1. The Morgan fingerprint density at radius 1 is 0.717 bits per heavy atom. The maximum atomic E-state index is 14.4. The Kier molecular flexibility index (Phi) is 10.7. The first-order chi connectivity index (χ1) is 21.6. The maximum absolute atomic E-state index is 14.4. The van der Waals surface area contributed by atoms with Crippen LogP contribution in [0.1, 0.15) is 170 Å². The van der Waals surface area contributed by atoms with Crippen molar-refractivity contribution in [2.24, 2.45) is 62.6 Å². The number of hydrogen-bond acceptors (Lipinski definition) is 3. The van der Waals surface area contributed by atoms with Crippen molar-refractivity contribution in [3.8, 4) is 0 Å². The van der Waals surface area contributed by atoms with Gasteiger partial charge in [0.1, 0.15) is 0 Å². The van der Waals surface area contributed by atoms with Crippen molar-refractivity contribution in [2.75, 3.05) is 6.54 Å². The van der Waals surface area contributed by atoms with Gasteiger partial charge < -0.3 is 15.5 Å². The third-order valence-corrected chi connectivity index (χ3v) is 16.4. The van der Waals surface area contributed by atoms with Crippen LogP contribution in [0.5, 0.6) is 0 Å². The van der Waals surface area contributed by atoms with Crippen LogP contribution < -0.4 is 5.32 Å². The van der Waals surface area contributed by atoms with Gasteiger partial charge in [-0.05, 0) is 134 Å². The van der Waals surface area contributed by atoms with Crippen molar-refractivity contribution in [3.63, 3.8) is 0 Å². The van der Waals surface area contributed by atoms with Gasteiger partial charge in [-0.25, -0.2) is 0 Å². The van der Waals surface area contributed by atoms with Crippen LogP contribution in [0.2, 0.25) is 0 Å². The zero-order chi connectivity index (χ0) is 33.5. The summed E-state index contributed by atoms with van der Waals surface area (Å²) in [5.41, 5.74) is 0.662. The summed E-state index contributed by atoms with van der Waals surface area (Å²) in [5, 5.41) is 23.4. The summed E-state index contributed by atoms with van der Waals surface area (Å²) in [6, 6.07) is 0. The maximum Gasteiger partial charge on any atom is 0.303 e. The molecule has 0 unspecified atom stereocenters. The van der Waals surface area contributed by atoms with Gasteiger partial charge in [0.2, 0.25) is 5.91 Å². The smallest absolute Gasteiger partial charge is 0.303 e. The number of amides is 1. The molecule has 5 nitrogen and oxygen atoms in total. The van der Waals surface area contributed by atoms with E-state index in [2.05, 4.69) is 53.8 Å². The van der Waals surface area contributed by atoms with E-state index in [4.69, 9.17) is 5.11 Å². The molecule has 5 heteroatoms. The largest absolute Gasteiger partial charge is 0.481 e. The van der Waals surface area contributed by atoms with Crippen LogP contribution in [-0.2, 0) is 9.59 Å². The number of aliphatic hydroxyl groups excluding tert-OH is 1. The third kappa shape index (κ3) is 6.01. The first-order valence-electron chi connectivity index (χ1n) is 19.8. The normalized spacial score (nSPS) is 42.9. The van der Waals surface area contributed by atoms with Crippen LogP contribution in [0.4, 0.5) is 0 Å². The Morgan fingerprint density at radius 3 is 2.02 bits per heavy atom. The summed E-state index contributed by atoms with van der Waals surface area (Å²) in [6.07, 6.45) is 20.6. The van der Waals surface area contributed by atoms with E-state index < -0.39 is 5.97 Å². The van der Waals surface area contributed by atoms with Gasteiger partial charge in [0, 0.05) is 13.0 Å². The van der Waals surface area contributed by atoms with Gasteiger partial charge in [0.15, 0.2) is 0 Å². The number of hydrogen-bond donors (Lipinski definition) is 3. The molecule has 0 saturated heterocycles. The van der Waals surface area contributed by atoms with E-state index in [1.807, 2.05) is 0 Å². The molecule has 0 aliphatic heterocycles. The van der Waals surface area contributed by atoms with Crippen molar-refractivity contribution in [3.05, 3.63) is 0 Å². The Morgan fingerprint density at radius 2 is 1.37 bits per heavy atom. The monoisotopic (exact) mass is 642 g/mol. The first kappa shape index (κ1) is 36.2. The average Bonchev–Trinajstić information content (AvgIpc) is 3.39. The number of rotatable bonds is 13. The van der Waals surface area contributed by atoms with E-state index >= 15 is 0 Å². The third-order valence-electron chi connectivity index (χ3n) is 16.4. The van der Waals surface area contributed by atoms with Gasteiger partial charge in [0.05, 0.1) is 11.5 Å². The fourth-order valence-electron chi connectivity index (χ4n) is 13.6. The first-order valence-corrected chi connectivity index (χ1v) is 19.8. The molecule has 0 aromatic carbocycles. The van der Waals surface area contributed by atoms with E-state index in [9.17, 15) is 14.7 Å². The number of aliphatic carboxylic acids is 1. The van der Waals surface area contributed by atoms with Gasteiger partial charge in [-0.15, -0.1) is 0 Å². The van der Waals surface area contributed by atoms with Gasteiger partial charge in [-0.3, -0.25) is 9.59 Å². The summed E-state index contributed by atoms with van der Waals surface area (Å²) < 4.78 is 0. The van der Waals surface area contributed by atoms with Gasteiger partial charge in [-0.2, -0.15) is 0 Å². The minimum Gasteiger partial charge on any atom is -0.481 e. The van der Waals surface area contributed by atoms with Crippen LogP contribution in [0, 0.1) is 62.6 Å². The summed E-state index contributed by atoms with van der Waals surface area (Å²) in [5.74, 6) is 3.38. The molecule has 0 radical (unpaired) electrons. The highest BCUT2D eigenvalue weighted by molar-refractivity contribution is 5.83. The van der Waals surface area contributed by atoms with Crippen LogP contribution in [0.3, 0.4) is 0 Å². The number of unbranched alkanes of at least 4 members (excludes halogenated alkanes) is 7. The van der Waals surface area contributed by atoms with Gasteiger partial charge in [-0.1, -0.05) is 87.0 Å². The lowest BCUT2D eigenvalue weighted by Gasteiger charge is -2.73. The van der Waals surface area contributed by atoms with Crippen molar-refractivity contribution in [2.45, 2.75) is 177 Å². The predicted octanol–water partition coefficient (Wildman–Crippen LogP) is 9.80. The van der Waals surface area contributed by atoms with E-state index in [-0.39, 0.29) is 22.3 Å². The molecular weight excluding hydrogens is 570 g/mol. The number of carboxylic acids is 1. The molecular formula is C41H71NO4. The quantitative estimate of drug-likeness (QED) is 0.175. The molecule has 10 atom stereocenters. The van der Waals surface area contributed by atoms with Crippen LogP contribution in [0.15, 0.2) is 0 Å². The minimum atomic E-state index is -0.684. The van der Waals surface area contributed by atoms with Crippen molar-refractivity contribution < 1.29 is 19.8 Å². The lowest BCUT2D eigenvalue weighted by molar-refractivity contribution is -0.248. The molecule has 46 heavy (non-hydrogen) atoms. The minimum absolute atomic E-state index is 0.0105. The standard InChI is InChI=1S/C41H71NO4/c1-28(2)29-19-24-41(36(46)42-27-15-13-11-9-8-10-12-14-16-34(44)45)26-25-39(6)30(35(29)41)17-18-32-38(5)22-21-33(43)37(3,4)31(38)20-23-40(32,39)7/h28-33,35,43H,8-27H2,1-7H3,(H,42,46)(H,44,45)/t29-,30+,31-,32+,33-,35+,38-,39+,40+,41-/m0/s1. The second-order valence-corrected chi connectivity index (χ2v) is 18.9. The van der Waals surface area contributed by atoms with Gasteiger partial charge >= 0.3 is 5.97 Å². The zero-order valence-electron chi connectivity index (χ0n) is 30.9. The molecule has 0 heterocycles. The van der Waals surface area contributed by atoms with E-state index in [0.29, 0.717) is 58.7 Å². The van der Waals surface area contributed by atoms with Crippen LogP contribution in [-0.4, -0.2) is 34.7 Å². The molecule has 5 aliphatic carbocycles. The Bertz CT molecular complexity index is 1090. The fraction of sp³-hybridized carbons (Fsp3) is 0.951. The van der Waals surface area contributed by atoms with Gasteiger partial charge in [0.25, 0.3) is 0 Å². The number of nitrogens with one attached hydrogen (secondary N) is 1. The molecule has 5 aliphatic rings. The lowest BCUT2D eigenvalue weighted by atomic mass is 9.32. The average molecular weight is 642 g/mol. The highest BCUT2D eigenvalue weighted by Crippen LogP contribution is 2.77. The summed E-state index contributed by atoms with van der Waals surface area (Å²) in [7, 11) is 0. The summed E-state index contributed by atoms with van der Waals surface area (Å²) in [6.45, 7) is 18.3. The van der Waals surface area contributed by atoms with Crippen molar-refractivity contribution >= 4 is 11.9 Å². The second kappa shape index (κ2) is 13.7. The van der Waals surface area contributed by atoms with Crippen LogP contribution in [0.25, 0.3) is 0 Å². The second-order valence-electron chi connectivity index (χ2n) is 18.9. The molecule has 0 spiro atoms. The molecule has 0 aromatic heterocycles. The molecule has 5 rings (SSSR count). The molecule has 5 fully saturated rings. The SMILES string of the molecule is CC(C)[C@@H]1CC[C@]2(C(=O)NCCCCCCCCCCC(=O)O)CC[C@]3(C)[C@H](CC[C@@H]4[C@@]5(C)CC[C@H](O)C(C)(C)[C@@H]5CC[C@]43C)[C@@H]12. The van der Waals surface area contributed by atoms with E-state index in [1.165, 1.54) is 64.2 Å². The Hall–Kier alpha value is -1.10. The molecule has 0 bridgehead atoms. The van der Waals surface area contributed by atoms with E-state index in [0.717, 1.165) is 57.9 Å². The van der Waals surface area contributed by atoms with E-state index in [1.54, 1.807) is 0 Å². The number of aliphatic hydroxyl groups is 1. The number of carboxylic acid groups (broad SMARTS) is 1. The predicted molar refractivity (Wildman–Crippen MR) is 187 cm³/mol. The highest BCUT2D eigenvalue weighted by Gasteiger charge is 2.71. The molecule has 0 aromatic rings. The highest BCUT2D eigenvalue weighted by atomic mass is 16.4. The number of fused-ring (bicyclic) bond motifs is 7. The fourth-order valence-corrected chi connectivity index (χ4v) is 13.6. The topological polar surface area (TPSA) is 86.6 Å². The van der Waals surface area contributed by atoms with Crippen LogP contribution >= 0.6 is 0 Å². The van der Waals surface area contributed by atoms with Crippen molar-refractivity contribution in [1.29, 1.82) is 0 Å². The molecule has 264 valence electrons. The molecule has 3 N–H and O–H groups in total. The molecule has 1 amide bonds. The Balaban J connectivity index is 1.24. The van der Waals surface area contributed by atoms with Crippen molar-refractivity contribution in [1.82, 2.24) is 5.32 Å². The zero-order valence-corrected chi connectivity index (χ0v) is 30.9.